The number of halogens is 1. The molecule has 0 spiro atoms. The number of hydrogen-bond acceptors (Lipinski definition) is 3. The molecule has 2 aromatic rings. The number of carbonyl (C=O) groups is 1. The van der Waals surface area contributed by atoms with Gasteiger partial charge >= 0.3 is 0 Å². The maximum absolute atomic E-state index is 11.9. The Balaban J connectivity index is 2.12. The number of nitrogens with zero attached hydrogens (tertiary/aromatic N) is 2. The van der Waals surface area contributed by atoms with Crippen LogP contribution in [0.3, 0.4) is 0 Å². The quantitative estimate of drug-likeness (QED) is 0.932. The summed E-state index contributed by atoms with van der Waals surface area (Å²) in [5.74, 6) is -0.105. The summed E-state index contributed by atoms with van der Waals surface area (Å²) >= 11 is 5.90. The zero-order valence-corrected chi connectivity index (χ0v) is 11.7. The van der Waals surface area contributed by atoms with Crippen LogP contribution in [0.25, 0.3) is 10.9 Å². The third-order valence-corrected chi connectivity index (χ3v) is 2.99. The molecule has 1 aromatic carbocycles. The van der Waals surface area contributed by atoms with Crippen LogP contribution >= 0.6 is 11.6 Å². The molecule has 0 atom stereocenters. The van der Waals surface area contributed by atoms with E-state index in [1.165, 1.54) is 0 Å². The Hall–Kier alpha value is -1.65. The first-order chi connectivity index (χ1) is 9.06. The second-order valence-electron chi connectivity index (χ2n) is 4.62. The van der Waals surface area contributed by atoms with Gasteiger partial charge in [-0.3, -0.25) is 9.78 Å². The summed E-state index contributed by atoms with van der Waals surface area (Å²) in [6.45, 7) is 1.42. The Kier molecular flexibility index (Phi) is 4.35. The van der Waals surface area contributed by atoms with Gasteiger partial charge in [-0.25, -0.2) is 0 Å². The molecular weight excluding hydrogens is 262 g/mol. The Bertz CT molecular complexity index is 598. The molecule has 0 aliphatic heterocycles. The molecule has 1 amide bonds. The molecule has 0 aliphatic rings. The lowest BCUT2D eigenvalue weighted by molar-refractivity contribution is 0.0951. The van der Waals surface area contributed by atoms with Crippen molar-refractivity contribution in [3.8, 4) is 0 Å². The number of amides is 1. The average molecular weight is 278 g/mol. The molecule has 0 aliphatic carbocycles. The Labute approximate surface area is 117 Å². The van der Waals surface area contributed by atoms with Crippen molar-refractivity contribution >= 4 is 28.4 Å². The van der Waals surface area contributed by atoms with Crippen molar-refractivity contribution in [2.45, 2.75) is 0 Å². The van der Waals surface area contributed by atoms with Gasteiger partial charge in [0.05, 0.1) is 11.1 Å². The number of benzene rings is 1. The van der Waals surface area contributed by atoms with Crippen LogP contribution in [0.2, 0.25) is 5.02 Å². The van der Waals surface area contributed by atoms with Gasteiger partial charge in [-0.1, -0.05) is 17.7 Å². The van der Waals surface area contributed by atoms with E-state index in [1.807, 2.05) is 31.1 Å². The molecule has 1 aromatic heterocycles. The van der Waals surface area contributed by atoms with Crippen molar-refractivity contribution in [2.24, 2.45) is 0 Å². The number of hydrogen-bond donors (Lipinski definition) is 1. The van der Waals surface area contributed by atoms with Crippen molar-refractivity contribution in [3.05, 3.63) is 41.0 Å². The second kappa shape index (κ2) is 5.99. The largest absolute Gasteiger partial charge is 0.351 e. The molecule has 0 radical (unpaired) electrons. The molecule has 5 heteroatoms. The highest BCUT2D eigenvalue weighted by atomic mass is 35.5. The van der Waals surface area contributed by atoms with Crippen molar-refractivity contribution in [1.82, 2.24) is 15.2 Å². The highest BCUT2D eigenvalue weighted by molar-refractivity contribution is 6.31. The van der Waals surface area contributed by atoms with Crippen LogP contribution in [0, 0.1) is 0 Å². The van der Waals surface area contributed by atoms with E-state index in [1.54, 1.807) is 18.3 Å². The highest BCUT2D eigenvalue weighted by Gasteiger charge is 2.07. The lowest BCUT2D eigenvalue weighted by atomic mass is 10.1. The zero-order valence-electron chi connectivity index (χ0n) is 11.0. The van der Waals surface area contributed by atoms with Gasteiger partial charge in [0.25, 0.3) is 5.91 Å². The molecular formula is C14H16ClN3O. The average Bonchev–Trinajstić information content (AvgIpc) is 2.37. The van der Waals surface area contributed by atoms with Crippen LogP contribution in [0.5, 0.6) is 0 Å². The maximum Gasteiger partial charge on any atom is 0.252 e. The molecule has 1 heterocycles. The smallest absolute Gasteiger partial charge is 0.252 e. The topological polar surface area (TPSA) is 45.2 Å². The van der Waals surface area contributed by atoms with E-state index in [-0.39, 0.29) is 5.91 Å². The van der Waals surface area contributed by atoms with Gasteiger partial charge < -0.3 is 10.2 Å². The summed E-state index contributed by atoms with van der Waals surface area (Å²) in [5.41, 5.74) is 1.35. The minimum absolute atomic E-state index is 0.105. The van der Waals surface area contributed by atoms with E-state index in [4.69, 9.17) is 11.6 Å². The number of carbonyl (C=O) groups excluding carboxylic acids is 1. The van der Waals surface area contributed by atoms with Crippen LogP contribution < -0.4 is 5.32 Å². The molecule has 0 saturated carbocycles. The fraction of sp³-hybridized carbons (Fsp3) is 0.286. The normalized spacial score (nSPS) is 10.9. The lowest BCUT2D eigenvalue weighted by Crippen LogP contribution is -2.31. The standard InChI is InChI=1S/C14H16ClN3O/c1-18(2)6-5-16-14(19)11-7-10-3-4-12(15)8-13(10)17-9-11/h3-4,7-9H,5-6H2,1-2H3,(H,16,19). The molecule has 19 heavy (non-hydrogen) atoms. The van der Waals surface area contributed by atoms with E-state index in [0.29, 0.717) is 17.1 Å². The van der Waals surface area contributed by atoms with Gasteiger partial charge in [-0.05, 0) is 32.3 Å². The van der Waals surface area contributed by atoms with E-state index in [0.717, 1.165) is 17.4 Å². The predicted octanol–water partition coefficient (Wildman–Crippen LogP) is 2.18. The number of pyridine rings is 1. The minimum atomic E-state index is -0.105. The zero-order chi connectivity index (χ0) is 13.8. The minimum Gasteiger partial charge on any atom is -0.351 e. The number of fused-ring (bicyclic) bond motifs is 1. The molecule has 2 rings (SSSR count). The van der Waals surface area contributed by atoms with Crippen LogP contribution in [0.1, 0.15) is 10.4 Å². The summed E-state index contributed by atoms with van der Waals surface area (Å²) in [5, 5.41) is 4.41. The first kappa shape index (κ1) is 13.8. The molecule has 0 fully saturated rings. The second-order valence-corrected chi connectivity index (χ2v) is 5.06. The van der Waals surface area contributed by atoms with E-state index in [9.17, 15) is 4.79 Å². The third kappa shape index (κ3) is 3.66. The van der Waals surface area contributed by atoms with Gasteiger partial charge in [-0.15, -0.1) is 0 Å². The third-order valence-electron chi connectivity index (χ3n) is 2.75. The molecule has 1 N–H and O–H groups in total. The number of nitrogens with one attached hydrogen (secondary N) is 1. The van der Waals surface area contributed by atoms with Gasteiger partial charge in [0.15, 0.2) is 0 Å². The molecule has 100 valence electrons. The summed E-state index contributed by atoms with van der Waals surface area (Å²) in [4.78, 5) is 18.2. The Morgan fingerprint density at radius 2 is 2.16 bits per heavy atom. The van der Waals surface area contributed by atoms with E-state index in [2.05, 4.69) is 10.3 Å². The molecule has 0 bridgehead atoms. The summed E-state index contributed by atoms with van der Waals surface area (Å²) in [6.07, 6.45) is 1.57. The van der Waals surface area contributed by atoms with E-state index >= 15 is 0 Å². The van der Waals surface area contributed by atoms with Crippen molar-refractivity contribution in [3.63, 3.8) is 0 Å². The maximum atomic E-state index is 11.9. The van der Waals surface area contributed by atoms with Gasteiger partial charge in [0.2, 0.25) is 0 Å². The summed E-state index contributed by atoms with van der Waals surface area (Å²) < 4.78 is 0. The Morgan fingerprint density at radius 3 is 2.89 bits per heavy atom. The first-order valence-electron chi connectivity index (χ1n) is 6.04. The fourth-order valence-electron chi connectivity index (χ4n) is 1.71. The van der Waals surface area contributed by atoms with Crippen molar-refractivity contribution in [1.29, 1.82) is 0 Å². The fourth-order valence-corrected chi connectivity index (χ4v) is 1.88. The van der Waals surface area contributed by atoms with Crippen LogP contribution in [-0.4, -0.2) is 43.0 Å². The SMILES string of the molecule is CN(C)CCNC(=O)c1cnc2cc(Cl)ccc2c1. The van der Waals surface area contributed by atoms with Gasteiger partial charge in [0.1, 0.15) is 0 Å². The number of rotatable bonds is 4. The number of likely N-dealkylation sites (N-methyl/N-ethyl adjacent to an activating group) is 1. The first-order valence-corrected chi connectivity index (χ1v) is 6.42. The highest BCUT2D eigenvalue weighted by Crippen LogP contribution is 2.18. The lowest BCUT2D eigenvalue weighted by Gasteiger charge is -2.10. The summed E-state index contributed by atoms with van der Waals surface area (Å²) in [6, 6.07) is 7.26. The summed E-state index contributed by atoms with van der Waals surface area (Å²) in [7, 11) is 3.93. The predicted molar refractivity (Wildman–Crippen MR) is 77.6 cm³/mol. The van der Waals surface area contributed by atoms with Crippen LogP contribution in [0.15, 0.2) is 30.5 Å². The molecule has 0 unspecified atom stereocenters. The Morgan fingerprint density at radius 1 is 1.37 bits per heavy atom. The molecule has 4 nitrogen and oxygen atoms in total. The van der Waals surface area contributed by atoms with Crippen molar-refractivity contribution < 1.29 is 4.79 Å². The molecule has 0 saturated heterocycles. The van der Waals surface area contributed by atoms with Gasteiger partial charge in [0, 0.05) is 29.7 Å². The monoisotopic (exact) mass is 277 g/mol. The van der Waals surface area contributed by atoms with Crippen molar-refractivity contribution in [2.75, 3.05) is 27.2 Å². The van der Waals surface area contributed by atoms with Crippen LogP contribution in [-0.2, 0) is 0 Å². The van der Waals surface area contributed by atoms with Gasteiger partial charge in [-0.2, -0.15) is 0 Å². The van der Waals surface area contributed by atoms with E-state index < -0.39 is 0 Å². The van der Waals surface area contributed by atoms with Crippen LogP contribution in [0.4, 0.5) is 0 Å². The number of aromatic nitrogens is 1.